The molecular weight excluding hydrogens is 310 g/mol. The molecule has 0 spiro atoms. The fourth-order valence-corrected chi connectivity index (χ4v) is 4.49. The summed E-state index contributed by atoms with van der Waals surface area (Å²) in [5, 5.41) is 5.41. The molecule has 2 aliphatic rings. The second-order valence-electron chi connectivity index (χ2n) is 6.46. The van der Waals surface area contributed by atoms with Gasteiger partial charge in [0, 0.05) is 18.3 Å². The van der Waals surface area contributed by atoms with E-state index in [4.69, 9.17) is 5.73 Å². The molecule has 1 saturated carbocycles. The Morgan fingerprint density at radius 2 is 2.17 bits per heavy atom. The minimum Gasteiger partial charge on any atom is -0.368 e. The summed E-state index contributed by atoms with van der Waals surface area (Å²) in [5.74, 6) is -0.255. The number of carbonyl (C=O) groups excluding carboxylic acids is 1. The molecule has 4 rings (SSSR count). The first kappa shape index (κ1) is 14.7. The molecule has 1 aliphatic heterocycles. The smallest absolute Gasteiger partial charge is 0.240 e. The predicted molar refractivity (Wildman–Crippen MR) is 90.5 cm³/mol. The minimum absolute atomic E-state index is 0.217. The Kier molecular flexibility index (Phi) is 3.60. The number of amides is 1. The van der Waals surface area contributed by atoms with E-state index in [1.807, 2.05) is 13.1 Å². The van der Waals surface area contributed by atoms with Gasteiger partial charge >= 0.3 is 0 Å². The highest BCUT2D eigenvalue weighted by Gasteiger charge is 2.31. The summed E-state index contributed by atoms with van der Waals surface area (Å²) < 4.78 is 2.08. The molecule has 0 unspecified atom stereocenters. The maximum Gasteiger partial charge on any atom is 0.240 e. The highest BCUT2D eigenvalue weighted by Crippen LogP contribution is 2.38. The topological polar surface area (TPSA) is 77.0 Å². The number of nitrogens with two attached hydrogens (primary N) is 1. The second kappa shape index (κ2) is 5.63. The molecule has 2 aromatic rings. The van der Waals surface area contributed by atoms with Gasteiger partial charge in [0.1, 0.15) is 6.04 Å². The van der Waals surface area contributed by atoms with Crippen LogP contribution in [0.2, 0.25) is 0 Å². The number of hydrogen-bond acceptors (Lipinski definition) is 5. The van der Waals surface area contributed by atoms with E-state index in [1.54, 1.807) is 11.3 Å². The summed E-state index contributed by atoms with van der Waals surface area (Å²) in [7, 11) is 0. The molecule has 3 heterocycles. The van der Waals surface area contributed by atoms with Crippen molar-refractivity contribution in [1.82, 2.24) is 14.8 Å². The van der Waals surface area contributed by atoms with Gasteiger partial charge in [-0.15, -0.1) is 0 Å². The zero-order chi connectivity index (χ0) is 16.0. The molecule has 0 radical (unpaired) electrons. The first-order valence-electron chi connectivity index (χ1n) is 8.21. The van der Waals surface area contributed by atoms with Crippen LogP contribution < -0.4 is 10.6 Å². The van der Waals surface area contributed by atoms with Gasteiger partial charge < -0.3 is 10.6 Å². The number of carbonyl (C=O) groups is 1. The van der Waals surface area contributed by atoms with Gasteiger partial charge in [-0.3, -0.25) is 9.48 Å². The van der Waals surface area contributed by atoms with Crippen molar-refractivity contribution in [3.05, 3.63) is 18.1 Å². The Morgan fingerprint density at radius 1 is 1.35 bits per heavy atom. The van der Waals surface area contributed by atoms with Crippen molar-refractivity contribution in [3.63, 3.8) is 0 Å². The van der Waals surface area contributed by atoms with Crippen molar-refractivity contribution in [2.24, 2.45) is 5.73 Å². The summed E-state index contributed by atoms with van der Waals surface area (Å²) in [6.45, 7) is 2.87. The van der Waals surface area contributed by atoms with Crippen LogP contribution in [0.3, 0.4) is 0 Å². The fraction of sp³-hybridized carbons (Fsp3) is 0.562. The number of primary amides is 1. The van der Waals surface area contributed by atoms with Gasteiger partial charge in [0.05, 0.1) is 22.8 Å². The van der Waals surface area contributed by atoms with Crippen LogP contribution in [-0.4, -0.2) is 33.3 Å². The van der Waals surface area contributed by atoms with Crippen LogP contribution in [0.4, 0.5) is 5.13 Å². The van der Waals surface area contributed by atoms with Crippen LogP contribution in [0, 0.1) is 6.92 Å². The number of aryl methyl sites for hydroxylation is 1. The molecule has 1 atom stereocenters. The van der Waals surface area contributed by atoms with Gasteiger partial charge in [-0.05, 0) is 39.0 Å². The largest absolute Gasteiger partial charge is 0.368 e. The Hall–Kier alpha value is -1.89. The van der Waals surface area contributed by atoms with Gasteiger partial charge in [-0.2, -0.15) is 5.10 Å². The van der Waals surface area contributed by atoms with E-state index >= 15 is 0 Å². The highest BCUT2D eigenvalue weighted by molar-refractivity contribution is 7.19. The first-order valence-corrected chi connectivity index (χ1v) is 9.03. The maximum absolute atomic E-state index is 11.6. The maximum atomic E-state index is 11.6. The van der Waals surface area contributed by atoms with Crippen molar-refractivity contribution in [3.8, 4) is 10.4 Å². The second-order valence-corrected chi connectivity index (χ2v) is 7.44. The molecule has 1 saturated heterocycles. The van der Waals surface area contributed by atoms with Gasteiger partial charge in [-0.1, -0.05) is 11.3 Å². The first-order chi connectivity index (χ1) is 11.1. The third-order valence-corrected chi connectivity index (χ3v) is 6.17. The lowest BCUT2D eigenvalue weighted by atomic mass is 9.93. The van der Waals surface area contributed by atoms with Gasteiger partial charge in [-0.25, -0.2) is 4.98 Å². The Bertz CT molecular complexity index is 733. The van der Waals surface area contributed by atoms with Gasteiger partial charge in [0.25, 0.3) is 0 Å². The van der Waals surface area contributed by atoms with Crippen molar-refractivity contribution in [2.75, 3.05) is 11.4 Å². The summed E-state index contributed by atoms with van der Waals surface area (Å²) in [6, 6.07) is 0.348. The fourth-order valence-electron chi connectivity index (χ4n) is 3.37. The van der Waals surface area contributed by atoms with Crippen molar-refractivity contribution in [2.45, 2.75) is 51.1 Å². The molecule has 23 heavy (non-hydrogen) atoms. The average Bonchev–Trinajstić information content (AvgIpc) is 3.14. The van der Waals surface area contributed by atoms with Crippen molar-refractivity contribution >= 4 is 22.4 Å². The summed E-state index contributed by atoms with van der Waals surface area (Å²) in [4.78, 5) is 19.5. The predicted octanol–water partition coefficient (Wildman–Crippen LogP) is 2.49. The Balaban J connectivity index is 1.62. The molecule has 1 amide bonds. The lowest BCUT2D eigenvalue weighted by molar-refractivity contribution is -0.119. The number of rotatable bonds is 4. The molecule has 0 bridgehead atoms. The standard InChI is InChI=1S/C16H21N5OS/c1-10-14(11-8-18-21(9-11)12-4-2-5-12)23-16(19-10)20-7-3-6-13(20)15(17)22/h8-9,12-13H,2-7H2,1H3,(H2,17,22)/t13-/m0/s1. The van der Waals surface area contributed by atoms with E-state index in [1.165, 1.54) is 19.3 Å². The van der Waals surface area contributed by atoms with E-state index < -0.39 is 0 Å². The van der Waals surface area contributed by atoms with E-state index in [2.05, 4.69) is 25.9 Å². The van der Waals surface area contributed by atoms with Crippen LogP contribution in [0.1, 0.15) is 43.8 Å². The monoisotopic (exact) mass is 331 g/mol. The molecule has 6 nitrogen and oxygen atoms in total. The number of aromatic nitrogens is 3. The summed E-state index contributed by atoms with van der Waals surface area (Å²) >= 11 is 1.64. The number of thiazole rings is 1. The van der Waals surface area contributed by atoms with Crippen LogP contribution in [-0.2, 0) is 4.79 Å². The number of anilines is 1. The van der Waals surface area contributed by atoms with Crippen LogP contribution >= 0.6 is 11.3 Å². The zero-order valence-electron chi connectivity index (χ0n) is 13.2. The van der Waals surface area contributed by atoms with E-state index in [9.17, 15) is 4.79 Å². The highest BCUT2D eigenvalue weighted by atomic mass is 32.1. The SMILES string of the molecule is Cc1nc(N2CCC[C@H]2C(N)=O)sc1-c1cnn(C2CCC2)c1. The average molecular weight is 331 g/mol. The van der Waals surface area contributed by atoms with Crippen LogP contribution in [0.15, 0.2) is 12.4 Å². The summed E-state index contributed by atoms with van der Waals surface area (Å²) in [6.07, 6.45) is 9.61. The molecule has 7 heteroatoms. The number of hydrogen-bond donors (Lipinski definition) is 1. The summed E-state index contributed by atoms with van der Waals surface area (Å²) in [5.41, 5.74) is 7.63. The quantitative estimate of drug-likeness (QED) is 0.934. The Morgan fingerprint density at radius 3 is 2.87 bits per heavy atom. The normalized spacial score (nSPS) is 21.6. The number of nitrogens with zero attached hydrogens (tertiary/aromatic N) is 4. The molecule has 2 N–H and O–H groups in total. The van der Waals surface area contributed by atoms with Crippen molar-refractivity contribution in [1.29, 1.82) is 0 Å². The van der Waals surface area contributed by atoms with E-state index in [0.29, 0.717) is 6.04 Å². The lowest BCUT2D eigenvalue weighted by Crippen LogP contribution is -2.40. The lowest BCUT2D eigenvalue weighted by Gasteiger charge is -2.25. The molecule has 2 aromatic heterocycles. The Labute approximate surface area is 139 Å². The minimum atomic E-state index is -0.255. The van der Waals surface area contributed by atoms with Gasteiger partial charge in [0.15, 0.2) is 5.13 Å². The molecule has 0 aromatic carbocycles. The van der Waals surface area contributed by atoms with E-state index in [-0.39, 0.29) is 11.9 Å². The molecule has 2 fully saturated rings. The van der Waals surface area contributed by atoms with Gasteiger partial charge in [0.2, 0.25) is 5.91 Å². The van der Waals surface area contributed by atoms with E-state index in [0.717, 1.165) is 40.7 Å². The van der Waals surface area contributed by atoms with Crippen molar-refractivity contribution < 1.29 is 4.79 Å². The third kappa shape index (κ3) is 2.52. The molecule has 1 aliphatic carbocycles. The molecular formula is C16H21N5OS. The zero-order valence-corrected chi connectivity index (χ0v) is 14.1. The third-order valence-electron chi connectivity index (χ3n) is 4.92. The van der Waals surface area contributed by atoms with Crippen LogP contribution in [0.5, 0.6) is 0 Å². The molecule has 122 valence electrons. The van der Waals surface area contributed by atoms with Crippen LogP contribution in [0.25, 0.3) is 10.4 Å².